The Labute approximate surface area is 93.3 Å². The number of nitrogens with zero attached hydrogens (tertiary/aromatic N) is 3. The Kier molecular flexibility index (Phi) is 5.17. The molecular formula is C9H15N5O2. The van der Waals surface area contributed by atoms with E-state index in [1.54, 1.807) is 0 Å². The Morgan fingerprint density at radius 3 is 1.88 bits per heavy atom. The van der Waals surface area contributed by atoms with Crippen molar-refractivity contribution in [3.05, 3.63) is 12.4 Å². The number of anilines is 2. The van der Waals surface area contributed by atoms with Gasteiger partial charge < -0.3 is 20.8 Å². The van der Waals surface area contributed by atoms with E-state index in [9.17, 15) is 0 Å². The molecule has 7 nitrogen and oxygen atoms in total. The van der Waals surface area contributed by atoms with Gasteiger partial charge in [0.25, 0.3) is 0 Å². The first-order valence-corrected chi connectivity index (χ1v) is 4.88. The maximum Gasteiger partial charge on any atom is 0.228 e. The van der Waals surface area contributed by atoms with Crippen LogP contribution in [0.3, 0.4) is 0 Å². The summed E-state index contributed by atoms with van der Waals surface area (Å²) in [7, 11) is 0. The lowest BCUT2D eigenvalue weighted by atomic mass is 10.5. The molecule has 0 aliphatic heterocycles. The highest BCUT2D eigenvalue weighted by molar-refractivity contribution is 5.44. The molecule has 0 amide bonds. The van der Waals surface area contributed by atoms with Gasteiger partial charge in [-0.25, -0.2) is 0 Å². The van der Waals surface area contributed by atoms with Crippen LogP contribution in [0, 0.1) is 0 Å². The van der Waals surface area contributed by atoms with E-state index in [-0.39, 0.29) is 13.2 Å². The summed E-state index contributed by atoms with van der Waals surface area (Å²) in [4.78, 5) is 12.1. The molecule has 1 aromatic rings. The van der Waals surface area contributed by atoms with Crippen molar-refractivity contribution < 1.29 is 10.2 Å². The molecular weight excluding hydrogens is 210 g/mol. The molecule has 0 aliphatic carbocycles. The van der Waals surface area contributed by atoms with Gasteiger partial charge >= 0.3 is 0 Å². The molecule has 0 unspecified atom stereocenters. The molecule has 0 aromatic carbocycles. The Balaban J connectivity index is 2.78. The Morgan fingerprint density at radius 2 is 1.50 bits per heavy atom. The fraction of sp³-hybridized carbons (Fsp3) is 0.444. The minimum Gasteiger partial charge on any atom is -0.395 e. The van der Waals surface area contributed by atoms with Crippen LogP contribution in [0.4, 0.5) is 11.9 Å². The minimum absolute atomic E-state index is 0.00545. The summed E-state index contributed by atoms with van der Waals surface area (Å²) in [6, 6.07) is 0. The lowest BCUT2D eigenvalue weighted by molar-refractivity contribution is 0.310. The van der Waals surface area contributed by atoms with Crippen molar-refractivity contribution in [1.29, 1.82) is 0 Å². The first-order valence-electron chi connectivity index (χ1n) is 4.88. The number of aliphatic hydroxyl groups is 2. The van der Waals surface area contributed by atoms with Gasteiger partial charge in [-0.05, 0) is 6.08 Å². The van der Waals surface area contributed by atoms with Crippen molar-refractivity contribution in [1.82, 2.24) is 15.0 Å². The zero-order chi connectivity index (χ0) is 11.8. The summed E-state index contributed by atoms with van der Waals surface area (Å²) < 4.78 is 0. The molecule has 7 heteroatoms. The molecule has 0 aliphatic rings. The van der Waals surface area contributed by atoms with E-state index in [4.69, 9.17) is 10.2 Å². The SMILES string of the molecule is C=Cc1nc(NCCO)nc(NCCO)n1. The van der Waals surface area contributed by atoms with Crippen molar-refractivity contribution in [2.75, 3.05) is 36.9 Å². The molecule has 0 spiro atoms. The Morgan fingerprint density at radius 1 is 1.00 bits per heavy atom. The van der Waals surface area contributed by atoms with Crippen molar-refractivity contribution in [2.24, 2.45) is 0 Å². The van der Waals surface area contributed by atoms with Crippen LogP contribution in [0.25, 0.3) is 6.08 Å². The lowest BCUT2D eigenvalue weighted by Crippen LogP contribution is -2.14. The molecule has 1 aromatic heterocycles. The third-order valence-corrected chi connectivity index (χ3v) is 1.63. The number of nitrogens with one attached hydrogen (secondary N) is 2. The fourth-order valence-electron chi connectivity index (χ4n) is 0.977. The average molecular weight is 225 g/mol. The molecule has 0 bridgehead atoms. The quantitative estimate of drug-likeness (QED) is 0.487. The topological polar surface area (TPSA) is 103 Å². The molecule has 0 saturated heterocycles. The highest BCUT2D eigenvalue weighted by Crippen LogP contribution is 2.05. The first kappa shape index (κ1) is 12.3. The van der Waals surface area contributed by atoms with Gasteiger partial charge in [-0.15, -0.1) is 0 Å². The number of hydrogen-bond donors (Lipinski definition) is 4. The van der Waals surface area contributed by atoms with E-state index in [1.165, 1.54) is 6.08 Å². The number of rotatable bonds is 7. The van der Waals surface area contributed by atoms with Crippen LogP contribution in [0.15, 0.2) is 6.58 Å². The molecule has 16 heavy (non-hydrogen) atoms. The normalized spacial score (nSPS) is 9.88. The van der Waals surface area contributed by atoms with Crippen LogP contribution in [0.5, 0.6) is 0 Å². The third kappa shape index (κ3) is 3.79. The van der Waals surface area contributed by atoms with Crippen molar-refractivity contribution in [3.63, 3.8) is 0 Å². The number of aromatic nitrogens is 3. The van der Waals surface area contributed by atoms with Gasteiger partial charge in [-0.2, -0.15) is 15.0 Å². The van der Waals surface area contributed by atoms with Crippen LogP contribution in [0.2, 0.25) is 0 Å². The first-order chi connectivity index (χ1) is 7.80. The summed E-state index contributed by atoms with van der Waals surface area (Å²) in [5.74, 6) is 1.15. The Bertz CT molecular complexity index is 318. The van der Waals surface area contributed by atoms with Gasteiger partial charge in [0.05, 0.1) is 13.2 Å². The molecule has 1 heterocycles. The fourth-order valence-corrected chi connectivity index (χ4v) is 0.977. The van der Waals surface area contributed by atoms with Crippen LogP contribution in [0.1, 0.15) is 5.82 Å². The summed E-state index contributed by atoms with van der Waals surface area (Å²) >= 11 is 0. The molecule has 88 valence electrons. The van der Waals surface area contributed by atoms with Crippen LogP contribution >= 0.6 is 0 Å². The second-order valence-corrected chi connectivity index (χ2v) is 2.85. The van der Waals surface area contributed by atoms with Gasteiger partial charge in [0, 0.05) is 13.1 Å². The molecule has 1 rings (SSSR count). The van der Waals surface area contributed by atoms with Crippen molar-refractivity contribution in [3.8, 4) is 0 Å². The van der Waals surface area contributed by atoms with Gasteiger partial charge in [0.15, 0.2) is 5.82 Å². The average Bonchev–Trinajstić information content (AvgIpc) is 2.33. The summed E-state index contributed by atoms with van der Waals surface area (Å²) in [6.07, 6.45) is 1.50. The van der Waals surface area contributed by atoms with Crippen molar-refractivity contribution >= 4 is 18.0 Å². The van der Waals surface area contributed by atoms with E-state index in [1.807, 2.05) is 0 Å². The van der Waals surface area contributed by atoms with Crippen molar-refractivity contribution in [2.45, 2.75) is 0 Å². The molecule has 0 radical (unpaired) electrons. The number of aliphatic hydroxyl groups excluding tert-OH is 2. The summed E-state index contributed by atoms with van der Waals surface area (Å²) in [5.41, 5.74) is 0. The maximum absolute atomic E-state index is 8.66. The zero-order valence-electron chi connectivity index (χ0n) is 8.85. The molecule has 0 fully saturated rings. The predicted octanol–water partition coefficient (Wildman–Crippen LogP) is -0.677. The second kappa shape index (κ2) is 6.70. The minimum atomic E-state index is -0.00545. The second-order valence-electron chi connectivity index (χ2n) is 2.85. The monoisotopic (exact) mass is 225 g/mol. The smallest absolute Gasteiger partial charge is 0.228 e. The highest BCUT2D eigenvalue weighted by Gasteiger charge is 2.03. The predicted molar refractivity (Wildman–Crippen MR) is 61.1 cm³/mol. The van der Waals surface area contributed by atoms with Gasteiger partial charge in [-0.1, -0.05) is 6.58 Å². The summed E-state index contributed by atoms with van der Waals surface area (Å²) in [5, 5.41) is 23.0. The largest absolute Gasteiger partial charge is 0.395 e. The molecule has 4 N–H and O–H groups in total. The van der Waals surface area contributed by atoms with Crippen LogP contribution in [-0.2, 0) is 0 Å². The van der Waals surface area contributed by atoms with Gasteiger partial charge in [0.1, 0.15) is 0 Å². The van der Waals surface area contributed by atoms with Crippen LogP contribution in [-0.4, -0.2) is 51.5 Å². The third-order valence-electron chi connectivity index (χ3n) is 1.63. The van der Waals surface area contributed by atoms with Gasteiger partial charge in [-0.3, -0.25) is 0 Å². The van der Waals surface area contributed by atoms with E-state index in [2.05, 4.69) is 32.2 Å². The number of hydrogen-bond acceptors (Lipinski definition) is 7. The van der Waals surface area contributed by atoms with Gasteiger partial charge in [0.2, 0.25) is 11.9 Å². The standard InChI is InChI=1S/C9H15N5O2/c1-2-7-12-8(10-3-5-15)14-9(13-7)11-4-6-16/h2,15-16H,1,3-6H2,(H2,10,11,12,13,14). The molecule has 0 atom stereocenters. The zero-order valence-corrected chi connectivity index (χ0v) is 8.85. The lowest BCUT2D eigenvalue weighted by Gasteiger charge is -2.07. The van der Waals surface area contributed by atoms with E-state index >= 15 is 0 Å². The highest BCUT2D eigenvalue weighted by atomic mass is 16.3. The summed E-state index contributed by atoms with van der Waals surface area (Å²) in [6.45, 7) is 4.28. The van der Waals surface area contributed by atoms with E-state index in [0.717, 1.165) is 0 Å². The van der Waals surface area contributed by atoms with Crippen LogP contribution < -0.4 is 10.6 Å². The van der Waals surface area contributed by atoms with E-state index in [0.29, 0.717) is 30.8 Å². The Hall–Kier alpha value is -1.73. The van der Waals surface area contributed by atoms with E-state index < -0.39 is 0 Å². The maximum atomic E-state index is 8.66. The molecule has 0 saturated carbocycles.